The smallest absolute Gasteiger partial charge is 0.239 e. The van der Waals surface area contributed by atoms with Crippen molar-refractivity contribution in [3.05, 3.63) is 36.1 Å². The van der Waals surface area contributed by atoms with Crippen molar-refractivity contribution in [2.75, 3.05) is 52.4 Å². The number of nitrogens with one attached hydrogen (secondary N) is 1. The third-order valence-electron chi connectivity index (χ3n) is 6.37. The molecule has 8 heteroatoms. The van der Waals surface area contributed by atoms with Gasteiger partial charge in [-0.05, 0) is 38.8 Å². The Morgan fingerprint density at radius 2 is 1.81 bits per heavy atom. The van der Waals surface area contributed by atoms with E-state index in [1.54, 1.807) is 0 Å². The molecule has 2 aliphatic heterocycles. The lowest BCUT2D eigenvalue weighted by Crippen LogP contribution is -2.57. The number of carbonyl (C=O) groups is 1. The predicted octanol–water partition coefficient (Wildman–Crippen LogP) is 3.19. The van der Waals surface area contributed by atoms with Crippen LogP contribution >= 0.6 is 24.0 Å². The summed E-state index contributed by atoms with van der Waals surface area (Å²) in [5, 5.41) is 4.57. The van der Waals surface area contributed by atoms with Crippen LogP contribution in [0.25, 0.3) is 11.0 Å². The maximum absolute atomic E-state index is 12.7. The van der Waals surface area contributed by atoms with Gasteiger partial charge in [-0.1, -0.05) is 18.2 Å². The van der Waals surface area contributed by atoms with Gasteiger partial charge in [0, 0.05) is 64.2 Å². The van der Waals surface area contributed by atoms with E-state index in [0.717, 1.165) is 87.8 Å². The van der Waals surface area contributed by atoms with E-state index in [-0.39, 0.29) is 35.9 Å². The normalized spacial score (nSPS) is 18.6. The lowest BCUT2D eigenvalue weighted by Gasteiger charge is -2.39. The lowest BCUT2D eigenvalue weighted by molar-refractivity contribution is -0.135. The van der Waals surface area contributed by atoms with Crippen LogP contribution in [0.1, 0.15) is 32.4 Å². The van der Waals surface area contributed by atoms with Crippen LogP contribution in [0.5, 0.6) is 0 Å². The third kappa shape index (κ3) is 5.95. The molecule has 0 bridgehead atoms. The van der Waals surface area contributed by atoms with Crippen molar-refractivity contribution >= 4 is 46.8 Å². The molecule has 0 aliphatic carbocycles. The maximum atomic E-state index is 12.7. The zero-order valence-corrected chi connectivity index (χ0v) is 21.6. The molecule has 7 nitrogen and oxygen atoms in total. The van der Waals surface area contributed by atoms with Crippen LogP contribution in [-0.2, 0) is 11.2 Å². The number of furan rings is 1. The van der Waals surface area contributed by atoms with Crippen molar-refractivity contribution in [3.8, 4) is 0 Å². The summed E-state index contributed by atoms with van der Waals surface area (Å²) < 4.78 is 5.91. The van der Waals surface area contributed by atoms with Gasteiger partial charge in [0.2, 0.25) is 5.91 Å². The van der Waals surface area contributed by atoms with Crippen molar-refractivity contribution < 1.29 is 9.21 Å². The second-order valence-corrected chi connectivity index (χ2v) is 8.47. The Morgan fingerprint density at radius 3 is 2.50 bits per heavy atom. The zero-order valence-electron chi connectivity index (χ0n) is 19.3. The molecule has 0 radical (unpaired) electrons. The quantitative estimate of drug-likeness (QED) is 0.339. The van der Waals surface area contributed by atoms with Crippen LogP contribution in [0.2, 0.25) is 0 Å². The number of benzene rings is 1. The van der Waals surface area contributed by atoms with E-state index in [2.05, 4.69) is 41.1 Å². The molecule has 1 N–H and O–H groups in total. The van der Waals surface area contributed by atoms with E-state index >= 15 is 0 Å². The highest BCUT2D eigenvalue weighted by atomic mass is 127. The molecule has 0 saturated carbocycles. The van der Waals surface area contributed by atoms with Crippen molar-refractivity contribution in [3.63, 3.8) is 0 Å². The predicted molar refractivity (Wildman–Crippen MR) is 140 cm³/mol. The highest BCUT2D eigenvalue weighted by Gasteiger charge is 2.30. The molecule has 1 unspecified atom stereocenters. The van der Waals surface area contributed by atoms with Gasteiger partial charge in [-0.15, -0.1) is 24.0 Å². The Morgan fingerprint density at radius 1 is 1.09 bits per heavy atom. The molecule has 0 spiro atoms. The second kappa shape index (κ2) is 11.9. The molecule has 1 atom stereocenters. The summed E-state index contributed by atoms with van der Waals surface area (Å²) in [7, 11) is 0. The van der Waals surface area contributed by atoms with Crippen LogP contribution in [0.4, 0.5) is 0 Å². The fraction of sp³-hybridized carbons (Fsp3) is 0.583. The van der Waals surface area contributed by atoms with Crippen LogP contribution in [-0.4, -0.2) is 85.0 Å². The lowest BCUT2D eigenvalue weighted by atomic mass is 10.2. The molecule has 2 fully saturated rings. The molecule has 1 aromatic heterocycles. The van der Waals surface area contributed by atoms with E-state index < -0.39 is 0 Å². The van der Waals surface area contributed by atoms with E-state index in [9.17, 15) is 4.79 Å². The van der Waals surface area contributed by atoms with Crippen LogP contribution in [0, 0.1) is 0 Å². The summed E-state index contributed by atoms with van der Waals surface area (Å²) in [6.07, 6.45) is 3.07. The number of rotatable bonds is 6. The number of piperazine rings is 1. The van der Waals surface area contributed by atoms with Gasteiger partial charge in [0.1, 0.15) is 11.3 Å². The minimum absolute atomic E-state index is 0. The largest absolute Gasteiger partial charge is 0.461 e. The highest BCUT2D eigenvalue weighted by Crippen LogP contribution is 2.19. The first kappa shape index (κ1) is 24.8. The van der Waals surface area contributed by atoms with Crippen molar-refractivity contribution in [2.45, 2.75) is 39.2 Å². The van der Waals surface area contributed by atoms with E-state index in [4.69, 9.17) is 9.41 Å². The number of halogens is 1. The molecule has 1 amide bonds. The number of carbonyl (C=O) groups excluding carboxylic acids is 1. The summed E-state index contributed by atoms with van der Waals surface area (Å²) in [4.78, 5) is 24.2. The van der Waals surface area contributed by atoms with Crippen molar-refractivity contribution in [2.24, 2.45) is 4.99 Å². The van der Waals surface area contributed by atoms with Crippen molar-refractivity contribution in [1.29, 1.82) is 0 Å². The number of hydrogen-bond acceptors (Lipinski definition) is 4. The zero-order chi connectivity index (χ0) is 21.6. The topological polar surface area (TPSA) is 64.3 Å². The average molecular weight is 553 g/mol. The van der Waals surface area contributed by atoms with Gasteiger partial charge in [-0.2, -0.15) is 0 Å². The molecular weight excluding hydrogens is 517 g/mol. The first-order chi connectivity index (χ1) is 15.2. The number of para-hydroxylation sites is 1. The molecule has 1 aromatic carbocycles. The molecular formula is C24H36IN5O2. The van der Waals surface area contributed by atoms with E-state index in [0.29, 0.717) is 6.54 Å². The number of aliphatic imine (C=N–C) groups is 1. The van der Waals surface area contributed by atoms with Gasteiger partial charge in [-0.3, -0.25) is 14.7 Å². The number of likely N-dealkylation sites (tertiary alicyclic amines) is 1. The summed E-state index contributed by atoms with van der Waals surface area (Å²) >= 11 is 0. The summed E-state index contributed by atoms with van der Waals surface area (Å²) in [5.41, 5.74) is 0.933. The number of fused-ring (bicyclic) bond motifs is 1. The van der Waals surface area contributed by atoms with E-state index in [1.807, 2.05) is 23.1 Å². The highest BCUT2D eigenvalue weighted by molar-refractivity contribution is 14.0. The fourth-order valence-corrected chi connectivity index (χ4v) is 4.54. The summed E-state index contributed by atoms with van der Waals surface area (Å²) in [6, 6.07) is 10.2. The van der Waals surface area contributed by atoms with Crippen molar-refractivity contribution in [1.82, 2.24) is 20.0 Å². The molecule has 32 heavy (non-hydrogen) atoms. The Bertz CT molecular complexity index is 868. The minimum Gasteiger partial charge on any atom is -0.461 e. The van der Waals surface area contributed by atoms with Crippen LogP contribution in [0.15, 0.2) is 39.7 Å². The van der Waals surface area contributed by atoms with Gasteiger partial charge >= 0.3 is 0 Å². The maximum Gasteiger partial charge on any atom is 0.239 e. The van der Waals surface area contributed by atoms with Crippen LogP contribution < -0.4 is 5.32 Å². The van der Waals surface area contributed by atoms with Crippen LogP contribution in [0.3, 0.4) is 0 Å². The number of amides is 1. The Kier molecular flexibility index (Phi) is 9.22. The number of nitrogens with zero attached hydrogens (tertiary/aromatic N) is 4. The Balaban J connectivity index is 0.00000289. The monoisotopic (exact) mass is 553 g/mol. The second-order valence-electron chi connectivity index (χ2n) is 8.47. The van der Waals surface area contributed by atoms with Gasteiger partial charge in [-0.25, -0.2) is 0 Å². The number of hydrogen-bond donors (Lipinski definition) is 1. The van der Waals surface area contributed by atoms with Gasteiger partial charge in [0.25, 0.3) is 0 Å². The van der Waals surface area contributed by atoms with Gasteiger partial charge in [0.05, 0.1) is 6.04 Å². The van der Waals surface area contributed by atoms with Gasteiger partial charge in [0.15, 0.2) is 5.96 Å². The molecule has 2 aliphatic rings. The van der Waals surface area contributed by atoms with E-state index in [1.165, 1.54) is 0 Å². The summed E-state index contributed by atoms with van der Waals surface area (Å²) in [6.45, 7) is 11.1. The molecule has 3 heterocycles. The first-order valence-corrected chi connectivity index (χ1v) is 11.7. The third-order valence-corrected chi connectivity index (χ3v) is 6.37. The summed E-state index contributed by atoms with van der Waals surface area (Å²) in [5.74, 6) is 2.22. The Hall–Kier alpha value is -1.81. The Labute approximate surface area is 208 Å². The fourth-order valence-electron chi connectivity index (χ4n) is 4.54. The SMILES string of the molecule is CCNC(=NCCc1cc2ccccc2o1)N1CCN(C(C)C(=O)N2CCCC2)CC1.I. The average Bonchev–Trinajstić information content (AvgIpc) is 3.47. The van der Waals surface area contributed by atoms with Gasteiger partial charge < -0.3 is 19.5 Å². The molecule has 176 valence electrons. The molecule has 2 saturated heterocycles. The number of guanidine groups is 1. The first-order valence-electron chi connectivity index (χ1n) is 11.7. The molecule has 4 rings (SSSR count). The minimum atomic E-state index is -0.0344. The molecule has 2 aromatic rings. The standard InChI is InChI=1S/C24H35N5O2.HI/c1-3-25-24(26-11-10-21-18-20-8-4-5-9-22(20)31-21)29-16-14-27(15-17-29)19(2)23(30)28-12-6-7-13-28;/h4-5,8-9,18-19H,3,6-7,10-17H2,1-2H3,(H,25,26);1H.